The molecule has 1 N–H and O–H groups in total. The summed E-state index contributed by atoms with van der Waals surface area (Å²) < 4.78 is 26.3. The van der Waals surface area contributed by atoms with E-state index in [1.54, 1.807) is 0 Å². The summed E-state index contributed by atoms with van der Waals surface area (Å²) in [7, 11) is 3.91. The van der Waals surface area contributed by atoms with Crippen molar-refractivity contribution in [2.75, 3.05) is 40.3 Å². The second kappa shape index (κ2) is 6.67. The Morgan fingerprint density at radius 2 is 2.10 bits per heavy atom. The highest BCUT2D eigenvalue weighted by molar-refractivity contribution is 5.69. The Labute approximate surface area is 117 Å². The van der Waals surface area contributed by atoms with E-state index in [-0.39, 0.29) is 0 Å². The van der Waals surface area contributed by atoms with Crippen molar-refractivity contribution in [1.82, 2.24) is 10.2 Å². The normalized spacial score (nSPS) is 14.7. The van der Waals surface area contributed by atoms with E-state index in [1.807, 2.05) is 14.1 Å². The smallest absolute Gasteiger partial charge is 0.159 e. The molecule has 1 aliphatic rings. The molecule has 0 spiro atoms. The van der Waals surface area contributed by atoms with Crippen molar-refractivity contribution in [3.8, 4) is 0 Å². The molecule has 0 unspecified atom stereocenters. The van der Waals surface area contributed by atoms with Crippen LogP contribution in [0.1, 0.15) is 5.56 Å². The molecule has 0 aliphatic carbocycles. The van der Waals surface area contributed by atoms with Gasteiger partial charge in [0.15, 0.2) is 11.6 Å². The van der Waals surface area contributed by atoms with Crippen molar-refractivity contribution < 1.29 is 8.78 Å². The third-order valence-corrected chi connectivity index (χ3v) is 3.16. The van der Waals surface area contributed by atoms with Gasteiger partial charge in [-0.2, -0.15) is 10.2 Å². The van der Waals surface area contributed by atoms with E-state index in [4.69, 9.17) is 0 Å². The van der Waals surface area contributed by atoms with Crippen molar-refractivity contribution >= 4 is 5.70 Å². The number of likely N-dealkylation sites (N-methyl/N-ethyl adjacent to an activating group) is 2. The molecular formula is C14H18F2N4. The zero-order chi connectivity index (χ0) is 14.5. The molecule has 0 fully saturated rings. The van der Waals surface area contributed by atoms with Crippen molar-refractivity contribution in [2.24, 2.45) is 10.2 Å². The van der Waals surface area contributed by atoms with Gasteiger partial charge in [0.25, 0.3) is 0 Å². The lowest BCUT2D eigenvalue weighted by atomic mass is 10.1. The summed E-state index contributed by atoms with van der Waals surface area (Å²) in [6.45, 7) is 3.00. The summed E-state index contributed by atoms with van der Waals surface area (Å²) in [5.41, 5.74) is 2.25. The van der Waals surface area contributed by atoms with Gasteiger partial charge in [-0.05, 0) is 37.9 Å². The minimum Gasteiger partial charge on any atom is -0.318 e. The maximum absolute atomic E-state index is 13.3. The molecule has 0 amide bonds. The molecular weight excluding hydrogens is 262 g/mol. The third kappa shape index (κ3) is 3.46. The average Bonchev–Trinajstić information content (AvgIpc) is 2.87. The molecule has 0 atom stereocenters. The van der Waals surface area contributed by atoms with Gasteiger partial charge in [0.1, 0.15) is 0 Å². The topological polar surface area (TPSA) is 40.0 Å². The Kier molecular flexibility index (Phi) is 4.92. The Morgan fingerprint density at radius 1 is 1.30 bits per heavy atom. The summed E-state index contributed by atoms with van der Waals surface area (Å²) in [5.74, 6) is -1.71. The van der Waals surface area contributed by atoms with Crippen LogP contribution >= 0.6 is 0 Å². The molecule has 1 aliphatic heterocycles. The summed E-state index contributed by atoms with van der Waals surface area (Å²) in [5, 5.41) is 11.1. The quantitative estimate of drug-likeness (QED) is 0.868. The van der Waals surface area contributed by atoms with Crippen molar-refractivity contribution in [3.63, 3.8) is 0 Å². The summed E-state index contributed by atoms with van der Waals surface area (Å²) in [4.78, 5) is 2.14. The van der Waals surface area contributed by atoms with Crippen LogP contribution < -0.4 is 5.32 Å². The molecule has 0 saturated carbocycles. The highest BCUT2D eigenvalue weighted by atomic mass is 19.2. The second-order valence-corrected chi connectivity index (χ2v) is 4.82. The van der Waals surface area contributed by atoms with Gasteiger partial charge in [0, 0.05) is 25.2 Å². The first-order chi connectivity index (χ1) is 9.61. The molecule has 0 saturated heterocycles. The fourth-order valence-corrected chi connectivity index (χ4v) is 2.07. The van der Waals surface area contributed by atoms with Gasteiger partial charge in [0.2, 0.25) is 0 Å². The lowest BCUT2D eigenvalue weighted by Crippen LogP contribution is -2.29. The number of nitrogens with one attached hydrogen (secondary N) is 1. The summed E-state index contributed by atoms with van der Waals surface area (Å²) >= 11 is 0. The Balaban J connectivity index is 2.16. The first-order valence-corrected chi connectivity index (χ1v) is 6.50. The molecule has 20 heavy (non-hydrogen) atoms. The largest absolute Gasteiger partial charge is 0.318 e. The number of nitrogens with zero attached hydrogens (tertiary/aromatic N) is 3. The molecule has 4 nitrogen and oxygen atoms in total. The number of rotatable bonds is 6. The Morgan fingerprint density at radius 3 is 2.80 bits per heavy atom. The molecule has 1 aromatic rings. The number of halogens is 2. The first kappa shape index (κ1) is 14.7. The van der Waals surface area contributed by atoms with Crippen LogP contribution in [0.15, 0.2) is 34.0 Å². The molecule has 1 heterocycles. The van der Waals surface area contributed by atoms with Crippen LogP contribution in [0.3, 0.4) is 0 Å². The molecule has 6 heteroatoms. The van der Waals surface area contributed by atoms with E-state index in [9.17, 15) is 8.78 Å². The van der Waals surface area contributed by atoms with Crippen molar-refractivity contribution in [3.05, 3.63) is 41.0 Å². The van der Waals surface area contributed by atoms with Gasteiger partial charge >= 0.3 is 0 Å². The van der Waals surface area contributed by atoms with Crippen molar-refractivity contribution in [2.45, 2.75) is 0 Å². The Bertz CT molecular complexity index is 540. The van der Waals surface area contributed by atoms with E-state index in [1.165, 1.54) is 12.1 Å². The molecule has 108 valence electrons. The van der Waals surface area contributed by atoms with Crippen LogP contribution in [-0.2, 0) is 0 Å². The average molecular weight is 280 g/mol. The highest BCUT2D eigenvalue weighted by Gasteiger charge is 2.17. The standard InChI is InChI=1S/C14H18F2N4/c1-17-5-6-20(2)9-11-8-18-19-14(11)10-3-4-12(15)13(16)7-10/h3-4,7,17H,5-6,8-9H2,1-2H3. The summed E-state index contributed by atoms with van der Waals surface area (Å²) in [6.07, 6.45) is 0. The second-order valence-electron chi connectivity index (χ2n) is 4.82. The predicted molar refractivity (Wildman–Crippen MR) is 74.4 cm³/mol. The lowest BCUT2D eigenvalue weighted by molar-refractivity contribution is 0.362. The summed E-state index contributed by atoms with van der Waals surface area (Å²) in [6, 6.07) is 3.82. The SMILES string of the molecule is CNCCN(C)CC1=C(c2ccc(F)c(F)c2)N=NC1. The van der Waals surface area contributed by atoms with Crippen LogP contribution in [0.5, 0.6) is 0 Å². The predicted octanol–water partition coefficient (Wildman–Crippen LogP) is 2.29. The van der Waals surface area contributed by atoms with E-state index in [0.717, 1.165) is 24.7 Å². The van der Waals surface area contributed by atoms with E-state index < -0.39 is 11.6 Å². The van der Waals surface area contributed by atoms with Gasteiger partial charge in [-0.1, -0.05) is 0 Å². The third-order valence-electron chi connectivity index (χ3n) is 3.16. The minimum absolute atomic E-state index is 0.512. The molecule has 0 aromatic heterocycles. The number of azo groups is 1. The molecule has 0 bridgehead atoms. The number of hydrogen-bond acceptors (Lipinski definition) is 4. The van der Waals surface area contributed by atoms with E-state index in [2.05, 4.69) is 20.4 Å². The van der Waals surface area contributed by atoms with E-state index >= 15 is 0 Å². The zero-order valence-electron chi connectivity index (χ0n) is 11.7. The number of hydrogen-bond donors (Lipinski definition) is 1. The van der Waals surface area contributed by atoms with Crippen LogP contribution in [0.4, 0.5) is 8.78 Å². The number of benzene rings is 1. The van der Waals surface area contributed by atoms with Gasteiger partial charge in [-0.15, -0.1) is 0 Å². The fourth-order valence-electron chi connectivity index (χ4n) is 2.07. The molecule has 1 aromatic carbocycles. The van der Waals surface area contributed by atoms with Crippen molar-refractivity contribution in [1.29, 1.82) is 0 Å². The first-order valence-electron chi connectivity index (χ1n) is 6.50. The van der Waals surface area contributed by atoms with Crippen LogP contribution in [-0.4, -0.2) is 45.2 Å². The minimum atomic E-state index is -0.861. The fraction of sp³-hybridized carbons (Fsp3) is 0.429. The van der Waals surface area contributed by atoms with Crippen LogP contribution in [0.25, 0.3) is 5.70 Å². The maximum Gasteiger partial charge on any atom is 0.159 e. The van der Waals surface area contributed by atoms with Gasteiger partial charge in [0.05, 0.1) is 12.2 Å². The van der Waals surface area contributed by atoms with Crippen LogP contribution in [0, 0.1) is 11.6 Å². The monoisotopic (exact) mass is 280 g/mol. The highest BCUT2D eigenvalue weighted by Crippen LogP contribution is 2.27. The lowest BCUT2D eigenvalue weighted by Gasteiger charge is -2.17. The van der Waals surface area contributed by atoms with Gasteiger partial charge in [-0.25, -0.2) is 8.78 Å². The van der Waals surface area contributed by atoms with Gasteiger partial charge in [-0.3, -0.25) is 0 Å². The van der Waals surface area contributed by atoms with E-state index in [0.29, 0.717) is 24.4 Å². The zero-order valence-corrected chi connectivity index (χ0v) is 11.7. The Hall–Kier alpha value is -1.66. The molecule has 2 rings (SSSR count). The van der Waals surface area contributed by atoms with Gasteiger partial charge < -0.3 is 10.2 Å². The van der Waals surface area contributed by atoms with Crippen LogP contribution in [0.2, 0.25) is 0 Å². The maximum atomic E-state index is 13.3. The molecule has 0 radical (unpaired) electrons.